The first-order valence-electron chi connectivity index (χ1n) is 8.84. The third kappa shape index (κ3) is 3.83. The lowest BCUT2D eigenvalue weighted by Crippen LogP contribution is -2.47. The van der Waals surface area contributed by atoms with Gasteiger partial charge < -0.3 is 10.6 Å². The van der Waals surface area contributed by atoms with Crippen molar-refractivity contribution >= 4 is 23.5 Å². The summed E-state index contributed by atoms with van der Waals surface area (Å²) in [5, 5.41) is 5.61. The number of aryl methyl sites for hydroxylation is 1. The fourth-order valence-corrected chi connectivity index (χ4v) is 3.36. The van der Waals surface area contributed by atoms with Crippen molar-refractivity contribution in [3.05, 3.63) is 29.3 Å². The second-order valence-electron chi connectivity index (χ2n) is 6.70. The molecule has 1 saturated heterocycles. The number of hydrogen-bond acceptors (Lipinski definition) is 3. The van der Waals surface area contributed by atoms with Gasteiger partial charge in [-0.1, -0.05) is 38.8 Å². The molecule has 0 saturated carbocycles. The first-order valence-corrected chi connectivity index (χ1v) is 8.84. The number of rotatable bonds is 7. The molecule has 25 heavy (non-hydrogen) atoms. The van der Waals surface area contributed by atoms with E-state index in [2.05, 4.69) is 10.6 Å². The predicted octanol–water partition coefficient (Wildman–Crippen LogP) is 3.13. The zero-order valence-electron chi connectivity index (χ0n) is 15.4. The molecule has 1 fully saturated rings. The first kappa shape index (κ1) is 19.0. The van der Waals surface area contributed by atoms with Crippen LogP contribution >= 0.6 is 0 Å². The topological polar surface area (TPSA) is 78.5 Å². The van der Waals surface area contributed by atoms with Crippen LogP contribution in [0.4, 0.5) is 10.5 Å². The summed E-state index contributed by atoms with van der Waals surface area (Å²) >= 11 is 0. The van der Waals surface area contributed by atoms with E-state index >= 15 is 0 Å². The number of amides is 4. The third-order valence-corrected chi connectivity index (χ3v) is 4.78. The maximum absolute atomic E-state index is 12.8. The molecule has 2 N–H and O–H groups in total. The van der Waals surface area contributed by atoms with E-state index in [0.717, 1.165) is 28.9 Å². The van der Waals surface area contributed by atoms with E-state index in [9.17, 15) is 14.4 Å². The van der Waals surface area contributed by atoms with Crippen LogP contribution in [-0.2, 0) is 9.59 Å². The number of hydrogen-bond donors (Lipinski definition) is 2. The molecule has 1 aliphatic rings. The first-order chi connectivity index (χ1) is 11.8. The maximum atomic E-state index is 12.8. The van der Waals surface area contributed by atoms with Crippen LogP contribution in [-0.4, -0.2) is 34.8 Å². The molecule has 6 heteroatoms. The fourth-order valence-electron chi connectivity index (χ4n) is 3.36. The Bertz CT molecular complexity index is 678. The summed E-state index contributed by atoms with van der Waals surface area (Å²) < 4.78 is 0. The summed E-state index contributed by atoms with van der Waals surface area (Å²) in [5.41, 5.74) is 1.88. The number of urea groups is 1. The Morgan fingerprint density at radius 3 is 2.40 bits per heavy atom. The highest BCUT2D eigenvalue weighted by atomic mass is 16.2. The number of anilines is 1. The van der Waals surface area contributed by atoms with E-state index < -0.39 is 11.6 Å². The summed E-state index contributed by atoms with van der Waals surface area (Å²) in [6, 6.07) is 5.15. The minimum absolute atomic E-state index is 0.271. The van der Waals surface area contributed by atoms with Crippen LogP contribution in [0.3, 0.4) is 0 Å². The Balaban J connectivity index is 2.11. The molecule has 0 atom stereocenters. The molecule has 1 aliphatic heterocycles. The summed E-state index contributed by atoms with van der Waals surface area (Å²) in [5.74, 6) is -0.668. The average Bonchev–Trinajstić information content (AvgIpc) is 2.77. The Hall–Kier alpha value is -2.37. The number of carbonyl (C=O) groups excluding carboxylic acids is 3. The molecule has 4 amide bonds. The number of imide groups is 1. The van der Waals surface area contributed by atoms with Crippen LogP contribution in [0.1, 0.15) is 50.7 Å². The number of benzene rings is 1. The van der Waals surface area contributed by atoms with Crippen LogP contribution < -0.4 is 10.6 Å². The minimum Gasteiger partial charge on any atom is -0.324 e. The van der Waals surface area contributed by atoms with Gasteiger partial charge in [0, 0.05) is 5.69 Å². The van der Waals surface area contributed by atoms with Gasteiger partial charge in [0.25, 0.3) is 5.91 Å². The van der Waals surface area contributed by atoms with E-state index in [1.54, 1.807) is 0 Å². The number of carbonyl (C=O) groups is 3. The third-order valence-electron chi connectivity index (χ3n) is 4.78. The van der Waals surface area contributed by atoms with Gasteiger partial charge in [-0.3, -0.25) is 14.5 Å². The normalized spacial score (nSPS) is 16.1. The molecule has 136 valence electrons. The summed E-state index contributed by atoms with van der Waals surface area (Å²) in [4.78, 5) is 38.5. The van der Waals surface area contributed by atoms with Crippen LogP contribution in [0.2, 0.25) is 0 Å². The van der Waals surface area contributed by atoms with Gasteiger partial charge in [0.15, 0.2) is 0 Å². The molecular weight excluding hydrogens is 318 g/mol. The molecule has 0 aliphatic carbocycles. The number of nitrogens with zero attached hydrogens (tertiary/aromatic N) is 1. The van der Waals surface area contributed by atoms with Crippen molar-refractivity contribution in [2.24, 2.45) is 0 Å². The molecule has 0 radical (unpaired) electrons. The molecule has 0 spiro atoms. The molecule has 1 heterocycles. The van der Waals surface area contributed by atoms with Gasteiger partial charge in [0.05, 0.1) is 0 Å². The van der Waals surface area contributed by atoms with E-state index in [4.69, 9.17) is 0 Å². The Labute approximate surface area is 149 Å². The molecule has 1 aromatic rings. The van der Waals surface area contributed by atoms with Crippen molar-refractivity contribution in [2.75, 3.05) is 11.9 Å². The second-order valence-corrected chi connectivity index (χ2v) is 6.70. The van der Waals surface area contributed by atoms with Gasteiger partial charge in [-0.2, -0.15) is 0 Å². The van der Waals surface area contributed by atoms with Gasteiger partial charge in [-0.15, -0.1) is 0 Å². The molecule has 0 unspecified atom stereocenters. The molecule has 1 aromatic carbocycles. The van der Waals surface area contributed by atoms with Gasteiger partial charge in [0.1, 0.15) is 12.1 Å². The van der Waals surface area contributed by atoms with E-state index in [-0.39, 0.29) is 18.4 Å². The largest absolute Gasteiger partial charge is 0.325 e. The number of nitrogens with one attached hydrogen (secondary N) is 2. The Morgan fingerprint density at radius 2 is 1.80 bits per heavy atom. The highest BCUT2D eigenvalue weighted by Gasteiger charge is 2.50. The van der Waals surface area contributed by atoms with E-state index in [0.29, 0.717) is 18.5 Å². The lowest BCUT2D eigenvalue weighted by Gasteiger charge is -2.25. The van der Waals surface area contributed by atoms with Gasteiger partial charge in [-0.25, -0.2) is 4.79 Å². The summed E-state index contributed by atoms with van der Waals surface area (Å²) in [6.45, 7) is 7.57. The standard InChI is InChI=1S/C19H27N3O3/c1-5-10-19(11-6-2)17(24)22(18(25)21-19)12-16(23)20-15-9-7-8-13(3)14(15)4/h7-9H,5-6,10-12H2,1-4H3,(H,20,23)(H,21,25). The fraction of sp³-hybridized carbons (Fsp3) is 0.526. The van der Waals surface area contributed by atoms with Crippen LogP contribution in [0.5, 0.6) is 0 Å². The Morgan fingerprint density at radius 1 is 1.16 bits per heavy atom. The van der Waals surface area contributed by atoms with E-state index in [1.165, 1.54) is 0 Å². The predicted molar refractivity (Wildman–Crippen MR) is 97.3 cm³/mol. The summed E-state index contributed by atoms with van der Waals surface area (Å²) in [6.07, 6.45) is 2.74. The highest BCUT2D eigenvalue weighted by Crippen LogP contribution is 2.28. The second kappa shape index (κ2) is 7.68. The lowest BCUT2D eigenvalue weighted by atomic mass is 9.88. The summed E-state index contributed by atoms with van der Waals surface area (Å²) in [7, 11) is 0. The molecule has 6 nitrogen and oxygen atoms in total. The van der Waals surface area contributed by atoms with Crippen LogP contribution in [0, 0.1) is 13.8 Å². The van der Waals surface area contributed by atoms with Crippen molar-refractivity contribution < 1.29 is 14.4 Å². The zero-order valence-corrected chi connectivity index (χ0v) is 15.4. The zero-order chi connectivity index (χ0) is 18.6. The van der Waals surface area contributed by atoms with Gasteiger partial charge in [0.2, 0.25) is 5.91 Å². The van der Waals surface area contributed by atoms with Crippen molar-refractivity contribution in [3.63, 3.8) is 0 Å². The van der Waals surface area contributed by atoms with Crippen molar-refractivity contribution in [1.82, 2.24) is 10.2 Å². The molecule has 0 aromatic heterocycles. The maximum Gasteiger partial charge on any atom is 0.325 e. The lowest BCUT2D eigenvalue weighted by molar-refractivity contribution is -0.134. The Kier molecular flexibility index (Phi) is 5.82. The monoisotopic (exact) mass is 345 g/mol. The molecule has 2 rings (SSSR count). The van der Waals surface area contributed by atoms with Crippen molar-refractivity contribution in [2.45, 2.75) is 58.9 Å². The molecule has 0 bridgehead atoms. The van der Waals surface area contributed by atoms with Gasteiger partial charge >= 0.3 is 6.03 Å². The SMILES string of the molecule is CCCC1(CCC)NC(=O)N(CC(=O)Nc2cccc(C)c2C)C1=O. The van der Waals surface area contributed by atoms with Crippen molar-refractivity contribution in [1.29, 1.82) is 0 Å². The van der Waals surface area contributed by atoms with Crippen molar-refractivity contribution in [3.8, 4) is 0 Å². The van der Waals surface area contributed by atoms with Gasteiger partial charge in [-0.05, 0) is 43.9 Å². The molecular formula is C19H27N3O3. The van der Waals surface area contributed by atoms with E-state index in [1.807, 2.05) is 45.9 Å². The highest BCUT2D eigenvalue weighted by molar-refractivity contribution is 6.10. The smallest absolute Gasteiger partial charge is 0.324 e. The average molecular weight is 345 g/mol. The van der Waals surface area contributed by atoms with Crippen LogP contribution in [0.15, 0.2) is 18.2 Å². The van der Waals surface area contributed by atoms with Crippen LogP contribution in [0.25, 0.3) is 0 Å². The minimum atomic E-state index is -0.861. The quantitative estimate of drug-likeness (QED) is 0.745.